The van der Waals surface area contributed by atoms with E-state index >= 15 is 0 Å². The molecular weight excluding hydrogens is 416 g/mol. The van der Waals surface area contributed by atoms with Crippen LogP contribution in [0, 0.1) is 0 Å². The van der Waals surface area contributed by atoms with Crippen molar-refractivity contribution in [2.24, 2.45) is 0 Å². The SMILES string of the molecule is CC/C=C/CCOc1ccc2c(OC(C)C)c(OCCCCCCCCCC)c(=O)oc2c1. The molecule has 5 nitrogen and oxygen atoms in total. The number of benzene rings is 1. The molecule has 0 unspecified atom stereocenters. The molecule has 2 rings (SSSR count). The van der Waals surface area contributed by atoms with Gasteiger partial charge >= 0.3 is 5.63 Å². The van der Waals surface area contributed by atoms with E-state index in [4.69, 9.17) is 18.6 Å². The van der Waals surface area contributed by atoms with Gasteiger partial charge in [0.1, 0.15) is 11.3 Å². The van der Waals surface area contributed by atoms with Crippen LogP contribution in [-0.4, -0.2) is 19.3 Å². The molecule has 1 heterocycles. The summed E-state index contributed by atoms with van der Waals surface area (Å²) in [6.45, 7) is 9.26. The molecule has 0 atom stereocenters. The summed E-state index contributed by atoms with van der Waals surface area (Å²) in [4.78, 5) is 12.7. The molecule has 1 aromatic heterocycles. The van der Waals surface area contributed by atoms with Gasteiger partial charge in [-0.2, -0.15) is 0 Å². The molecule has 0 saturated carbocycles. The lowest BCUT2D eigenvalue weighted by atomic mass is 10.1. The van der Waals surface area contributed by atoms with Gasteiger partial charge in [0.2, 0.25) is 5.75 Å². The second kappa shape index (κ2) is 15.4. The first kappa shape index (κ1) is 26.8. The van der Waals surface area contributed by atoms with E-state index in [1.807, 2.05) is 26.0 Å². The summed E-state index contributed by atoms with van der Waals surface area (Å²) < 4.78 is 23.3. The number of rotatable bonds is 17. The second-order valence-corrected chi connectivity index (χ2v) is 8.71. The minimum Gasteiger partial charge on any atom is -0.493 e. The van der Waals surface area contributed by atoms with Crippen LogP contribution in [0.5, 0.6) is 17.2 Å². The number of unbranched alkanes of at least 4 members (excludes halogenated alkanes) is 7. The molecule has 184 valence electrons. The smallest absolute Gasteiger partial charge is 0.383 e. The maximum atomic E-state index is 12.7. The fourth-order valence-corrected chi connectivity index (χ4v) is 3.64. The van der Waals surface area contributed by atoms with Crippen LogP contribution in [0.15, 0.2) is 39.6 Å². The lowest BCUT2D eigenvalue weighted by Crippen LogP contribution is -2.14. The standard InChI is InChI=1S/C28H42O5/c1-5-7-9-11-12-13-14-16-20-31-27-26(32-22(3)4)24-18-17-23(21-25(24)33-28(27)29)30-19-15-10-8-6-2/h8,10,17-18,21-22H,5-7,9,11-16,19-20H2,1-4H3/b10-8+. The topological polar surface area (TPSA) is 57.9 Å². The van der Waals surface area contributed by atoms with Gasteiger partial charge in [-0.1, -0.05) is 70.9 Å². The first-order chi connectivity index (χ1) is 16.1. The second-order valence-electron chi connectivity index (χ2n) is 8.71. The third-order valence-electron chi connectivity index (χ3n) is 5.35. The highest BCUT2D eigenvalue weighted by Gasteiger charge is 2.19. The quantitative estimate of drug-likeness (QED) is 0.137. The Morgan fingerprint density at radius 1 is 0.879 bits per heavy atom. The van der Waals surface area contributed by atoms with Crippen LogP contribution < -0.4 is 19.8 Å². The number of hydrogen-bond donors (Lipinski definition) is 0. The zero-order chi connectivity index (χ0) is 23.9. The molecule has 0 saturated heterocycles. The normalized spacial score (nSPS) is 11.5. The van der Waals surface area contributed by atoms with Gasteiger partial charge in [-0.15, -0.1) is 0 Å². The Labute approximate surface area is 199 Å². The molecule has 0 fully saturated rings. The number of ether oxygens (including phenoxy) is 3. The third-order valence-corrected chi connectivity index (χ3v) is 5.35. The predicted octanol–water partition coefficient (Wildman–Crippen LogP) is 7.83. The molecule has 0 aliphatic carbocycles. The maximum Gasteiger partial charge on any atom is 0.383 e. The molecule has 2 aromatic rings. The molecule has 0 aliphatic rings. The molecule has 0 amide bonds. The van der Waals surface area contributed by atoms with E-state index in [-0.39, 0.29) is 11.9 Å². The van der Waals surface area contributed by atoms with Gasteiger partial charge in [0, 0.05) is 6.07 Å². The van der Waals surface area contributed by atoms with Gasteiger partial charge in [0.25, 0.3) is 0 Å². The summed E-state index contributed by atoms with van der Waals surface area (Å²) in [7, 11) is 0. The van der Waals surface area contributed by atoms with Crippen molar-refractivity contribution in [2.75, 3.05) is 13.2 Å². The summed E-state index contributed by atoms with van der Waals surface area (Å²) >= 11 is 0. The Morgan fingerprint density at radius 3 is 2.30 bits per heavy atom. The van der Waals surface area contributed by atoms with Crippen LogP contribution in [0.4, 0.5) is 0 Å². The highest BCUT2D eigenvalue weighted by atomic mass is 16.5. The Bertz CT molecular complexity index is 897. The van der Waals surface area contributed by atoms with Crippen LogP contribution in [0.1, 0.15) is 91.9 Å². The Hall–Kier alpha value is -2.43. The van der Waals surface area contributed by atoms with Crippen molar-refractivity contribution in [3.8, 4) is 17.2 Å². The molecule has 1 aromatic carbocycles. The van der Waals surface area contributed by atoms with Crippen LogP contribution in [-0.2, 0) is 0 Å². The van der Waals surface area contributed by atoms with E-state index in [0.717, 1.165) is 25.7 Å². The van der Waals surface area contributed by atoms with Crippen molar-refractivity contribution in [3.05, 3.63) is 40.8 Å². The average Bonchev–Trinajstić information content (AvgIpc) is 2.79. The van der Waals surface area contributed by atoms with Gasteiger partial charge in [0.05, 0.1) is 24.7 Å². The molecule has 0 bridgehead atoms. The van der Waals surface area contributed by atoms with Crippen LogP contribution in [0.25, 0.3) is 11.0 Å². The maximum absolute atomic E-state index is 12.7. The van der Waals surface area contributed by atoms with Crippen LogP contribution >= 0.6 is 0 Å². The first-order valence-electron chi connectivity index (χ1n) is 12.7. The van der Waals surface area contributed by atoms with E-state index in [2.05, 4.69) is 26.0 Å². The predicted molar refractivity (Wildman–Crippen MR) is 136 cm³/mol. The highest BCUT2D eigenvalue weighted by Crippen LogP contribution is 2.35. The van der Waals surface area contributed by atoms with Crippen molar-refractivity contribution in [2.45, 2.75) is 98.0 Å². The van der Waals surface area contributed by atoms with Crippen molar-refractivity contribution in [1.29, 1.82) is 0 Å². The van der Waals surface area contributed by atoms with Gasteiger partial charge in [0.15, 0.2) is 5.75 Å². The van der Waals surface area contributed by atoms with E-state index in [9.17, 15) is 4.79 Å². The van der Waals surface area contributed by atoms with E-state index in [1.165, 1.54) is 38.5 Å². The molecular formula is C28H42O5. The molecule has 0 N–H and O–H groups in total. The zero-order valence-electron chi connectivity index (χ0n) is 21.0. The Kier molecular flexibility index (Phi) is 12.5. The number of allylic oxidation sites excluding steroid dienone is 1. The fourth-order valence-electron chi connectivity index (χ4n) is 3.64. The van der Waals surface area contributed by atoms with Crippen molar-refractivity contribution >= 4 is 11.0 Å². The largest absolute Gasteiger partial charge is 0.493 e. The molecule has 0 radical (unpaired) electrons. The lowest BCUT2D eigenvalue weighted by molar-refractivity contribution is 0.216. The summed E-state index contributed by atoms with van der Waals surface area (Å²) in [5.41, 5.74) is -0.0718. The van der Waals surface area contributed by atoms with Gasteiger partial charge in [-0.05, 0) is 45.2 Å². The zero-order valence-corrected chi connectivity index (χ0v) is 21.0. The molecule has 5 heteroatoms. The van der Waals surface area contributed by atoms with Gasteiger partial charge < -0.3 is 18.6 Å². The minimum atomic E-state index is -0.513. The summed E-state index contributed by atoms with van der Waals surface area (Å²) in [6, 6.07) is 5.49. The highest BCUT2D eigenvalue weighted by molar-refractivity contribution is 5.86. The average molecular weight is 459 g/mol. The molecule has 0 aliphatic heterocycles. The minimum absolute atomic E-state index is 0.0956. The van der Waals surface area contributed by atoms with Crippen molar-refractivity contribution in [1.82, 2.24) is 0 Å². The van der Waals surface area contributed by atoms with Crippen molar-refractivity contribution < 1.29 is 18.6 Å². The van der Waals surface area contributed by atoms with Crippen molar-refractivity contribution in [3.63, 3.8) is 0 Å². The third kappa shape index (κ3) is 9.53. The summed E-state index contributed by atoms with van der Waals surface area (Å²) in [6.07, 6.45) is 15.7. The van der Waals surface area contributed by atoms with Crippen LogP contribution in [0.3, 0.4) is 0 Å². The molecule has 0 spiro atoms. The number of hydrogen-bond acceptors (Lipinski definition) is 5. The van der Waals surface area contributed by atoms with Crippen LogP contribution in [0.2, 0.25) is 0 Å². The summed E-state index contributed by atoms with van der Waals surface area (Å²) in [5.74, 6) is 1.28. The first-order valence-corrected chi connectivity index (χ1v) is 12.7. The monoisotopic (exact) mass is 458 g/mol. The fraction of sp³-hybridized carbons (Fsp3) is 0.607. The van der Waals surface area contributed by atoms with E-state index in [0.29, 0.717) is 35.7 Å². The Morgan fingerprint density at radius 2 is 1.61 bits per heavy atom. The lowest BCUT2D eigenvalue weighted by Gasteiger charge is -2.16. The van der Waals surface area contributed by atoms with Gasteiger partial charge in [-0.3, -0.25) is 0 Å². The number of fused-ring (bicyclic) bond motifs is 1. The molecule has 33 heavy (non-hydrogen) atoms. The Balaban J connectivity index is 2.03. The van der Waals surface area contributed by atoms with Gasteiger partial charge in [-0.25, -0.2) is 4.79 Å². The van der Waals surface area contributed by atoms with E-state index < -0.39 is 5.63 Å². The van der Waals surface area contributed by atoms with E-state index in [1.54, 1.807) is 6.07 Å². The summed E-state index contributed by atoms with van der Waals surface area (Å²) in [5, 5.41) is 0.715.